The van der Waals surface area contributed by atoms with Crippen molar-refractivity contribution in [2.75, 3.05) is 51.6 Å². The zero-order chi connectivity index (χ0) is 32.2. The van der Waals surface area contributed by atoms with Gasteiger partial charge < -0.3 is 28.7 Å². The quantitative estimate of drug-likeness (QED) is 0.0788. The summed E-state index contributed by atoms with van der Waals surface area (Å²) in [4.78, 5) is 34.5. The number of ether oxygens (including phenoxy) is 4. The summed E-state index contributed by atoms with van der Waals surface area (Å²) in [5, 5.41) is 3.82. The fourth-order valence-electron chi connectivity index (χ4n) is 5.16. The van der Waals surface area contributed by atoms with Gasteiger partial charge in [0.2, 0.25) is 5.91 Å². The van der Waals surface area contributed by atoms with Crippen LogP contribution in [0.1, 0.15) is 35.3 Å². The monoisotopic (exact) mass is 635 g/mol. The molecule has 0 saturated carbocycles. The summed E-state index contributed by atoms with van der Waals surface area (Å²) >= 11 is 6.38. The summed E-state index contributed by atoms with van der Waals surface area (Å²) in [6.45, 7) is 6.47. The molecular formula is C33H38ClN5O6. The van der Waals surface area contributed by atoms with E-state index < -0.39 is 6.04 Å². The van der Waals surface area contributed by atoms with Gasteiger partial charge in [0.25, 0.3) is 5.91 Å². The van der Waals surface area contributed by atoms with Crippen molar-refractivity contribution in [1.29, 1.82) is 0 Å². The van der Waals surface area contributed by atoms with E-state index in [1.54, 1.807) is 35.1 Å². The molecule has 3 aromatic rings. The highest BCUT2D eigenvalue weighted by atomic mass is 35.5. The van der Waals surface area contributed by atoms with Crippen molar-refractivity contribution >= 4 is 29.1 Å². The van der Waals surface area contributed by atoms with E-state index in [0.29, 0.717) is 60.8 Å². The molecule has 0 bridgehead atoms. The second-order valence-electron chi connectivity index (χ2n) is 10.7. The second kappa shape index (κ2) is 16.7. The van der Waals surface area contributed by atoms with Crippen LogP contribution in [-0.2, 0) is 27.4 Å². The van der Waals surface area contributed by atoms with Crippen LogP contribution in [0.3, 0.4) is 0 Å². The Hall–Kier alpha value is -4.28. The number of amides is 2. The molecule has 1 atom stereocenters. The SMILES string of the molecule is COc1cccc(CN2C(=O)c3cc(Cl)ccc3N(Cc3cccc(OCCOCCOCCN=[N+]=[N-])c3)C(=O)[C@@H]2C(C)C)c1. The minimum absolute atomic E-state index is 0.162. The van der Waals surface area contributed by atoms with Crippen molar-refractivity contribution in [2.45, 2.75) is 33.0 Å². The zero-order valence-electron chi connectivity index (χ0n) is 25.7. The Morgan fingerprint density at radius 1 is 0.889 bits per heavy atom. The summed E-state index contributed by atoms with van der Waals surface area (Å²) in [6.07, 6.45) is 0. The Kier molecular flexibility index (Phi) is 12.5. The second-order valence-corrected chi connectivity index (χ2v) is 11.2. The number of hydrogen-bond acceptors (Lipinski definition) is 7. The van der Waals surface area contributed by atoms with Crippen LogP contribution in [0.25, 0.3) is 10.4 Å². The van der Waals surface area contributed by atoms with Crippen molar-refractivity contribution < 1.29 is 28.5 Å². The summed E-state index contributed by atoms with van der Waals surface area (Å²) < 4.78 is 22.1. The molecule has 4 rings (SSSR count). The summed E-state index contributed by atoms with van der Waals surface area (Å²) in [5.41, 5.74) is 10.8. The molecule has 0 unspecified atom stereocenters. The van der Waals surface area contributed by atoms with E-state index in [-0.39, 0.29) is 37.4 Å². The molecule has 0 aromatic heterocycles. The molecule has 45 heavy (non-hydrogen) atoms. The molecule has 2 amide bonds. The Bertz CT molecular complexity index is 1510. The van der Waals surface area contributed by atoms with Gasteiger partial charge in [0.15, 0.2) is 0 Å². The lowest BCUT2D eigenvalue weighted by Gasteiger charge is -2.33. The number of rotatable bonds is 16. The average Bonchev–Trinajstić information content (AvgIpc) is 3.11. The van der Waals surface area contributed by atoms with Crippen LogP contribution in [0.2, 0.25) is 5.02 Å². The smallest absolute Gasteiger partial charge is 0.257 e. The molecule has 0 aliphatic carbocycles. The first-order valence-electron chi connectivity index (χ1n) is 14.7. The molecule has 11 nitrogen and oxygen atoms in total. The van der Waals surface area contributed by atoms with Gasteiger partial charge in [-0.2, -0.15) is 0 Å². The van der Waals surface area contributed by atoms with Crippen molar-refractivity contribution in [3.05, 3.63) is 98.9 Å². The van der Waals surface area contributed by atoms with Crippen molar-refractivity contribution in [1.82, 2.24) is 4.90 Å². The van der Waals surface area contributed by atoms with Gasteiger partial charge in [-0.1, -0.05) is 54.8 Å². The van der Waals surface area contributed by atoms with Gasteiger partial charge in [0, 0.05) is 23.0 Å². The first-order chi connectivity index (χ1) is 21.8. The summed E-state index contributed by atoms with van der Waals surface area (Å²) in [7, 11) is 1.59. The van der Waals surface area contributed by atoms with Gasteiger partial charge in [-0.3, -0.25) is 9.59 Å². The number of nitrogens with zero attached hydrogens (tertiary/aromatic N) is 5. The number of hydrogen-bond donors (Lipinski definition) is 0. The van der Waals surface area contributed by atoms with Crippen LogP contribution in [0.15, 0.2) is 71.8 Å². The number of halogens is 1. The van der Waals surface area contributed by atoms with Crippen LogP contribution in [0, 0.1) is 5.92 Å². The van der Waals surface area contributed by atoms with Crippen LogP contribution in [-0.4, -0.2) is 69.4 Å². The standard InChI is InChI=1S/C33H38ClN5O6/c1-23(2)31-33(41)38(21-25-7-5-9-28(19-25)45-17-16-44-15-14-43-13-12-36-37-35)30-11-10-26(34)20-29(30)32(40)39(31)22-24-6-4-8-27(18-24)42-3/h4-11,18-20,23,31H,12-17,21-22H2,1-3H3/t31-/m0/s1. The predicted octanol–water partition coefficient (Wildman–Crippen LogP) is 6.28. The summed E-state index contributed by atoms with van der Waals surface area (Å²) in [6, 6.07) is 19.4. The highest BCUT2D eigenvalue weighted by Crippen LogP contribution is 2.35. The van der Waals surface area contributed by atoms with Crippen molar-refractivity contribution in [3.8, 4) is 11.5 Å². The predicted molar refractivity (Wildman–Crippen MR) is 172 cm³/mol. The minimum Gasteiger partial charge on any atom is -0.497 e. The van der Waals surface area contributed by atoms with Gasteiger partial charge >= 0.3 is 0 Å². The minimum atomic E-state index is -0.713. The molecular weight excluding hydrogens is 598 g/mol. The maximum absolute atomic E-state index is 14.4. The van der Waals surface area contributed by atoms with Gasteiger partial charge in [-0.25, -0.2) is 0 Å². The summed E-state index contributed by atoms with van der Waals surface area (Å²) in [5.74, 6) is 0.711. The molecule has 1 aliphatic rings. The van der Waals surface area contributed by atoms with Gasteiger partial charge in [-0.15, -0.1) is 0 Å². The largest absolute Gasteiger partial charge is 0.497 e. The first-order valence-corrected chi connectivity index (χ1v) is 15.1. The lowest BCUT2D eigenvalue weighted by Crippen LogP contribution is -2.50. The lowest BCUT2D eigenvalue weighted by atomic mass is 9.99. The highest BCUT2D eigenvalue weighted by molar-refractivity contribution is 6.31. The zero-order valence-corrected chi connectivity index (χ0v) is 26.5. The third-order valence-corrected chi connectivity index (χ3v) is 7.46. The maximum atomic E-state index is 14.4. The fraction of sp³-hybridized carbons (Fsp3) is 0.394. The number of benzene rings is 3. The van der Waals surface area contributed by atoms with Crippen LogP contribution >= 0.6 is 11.6 Å². The van der Waals surface area contributed by atoms with Gasteiger partial charge in [0.1, 0.15) is 24.1 Å². The van der Waals surface area contributed by atoms with E-state index >= 15 is 0 Å². The molecule has 1 heterocycles. The van der Waals surface area contributed by atoms with Crippen LogP contribution in [0.5, 0.6) is 11.5 Å². The number of carbonyl (C=O) groups excluding carboxylic acids is 2. The number of fused-ring (bicyclic) bond motifs is 1. The topological polar surface area (TPSA) is 126 Å². The normalized spacial score (nSPS) is 14.6. The molecule has 0 spiro atoms. The fourth-order valence-corrected chi connectivity index (χ4v) is 5.33. The number of azide groups is 1. The molecule has 0 saturated heterocycles. The molecule has 0 N–H and O–H groups in total. The Labute approximate surface area is 268 Å². The third-order valence-electron chi connectivity index (χ3n) is 7.22. The molecule has 238 valence electrons. The molecule has 1 aliphatic heterocycles. The van der Waals surface area contributed by atoms with E-state index in [1.165, 1.54) is 0 Å². The number of methoxy groups -OCH3 is 1. The van der Waals surface area contributed by atoms with E-state index in [1.807, 2.05) is 62.4 Å². The van der Waals surface area contributed by atoms with Gasteiger partial charge in [0.05, 0.1) is 51.3 Å². The van der Waals surface area contributed by atoms with Crippen molar-refractivity contribution in [3.63, 3.8) is 0 Å². The molecule has 0 radical (unpaired) electrons. The molecule has 3 aromatic carbocycles. The number of carbonyl (C=O) groups is 2. The maximum Gasteiger partial charge on any atom is 0.257 e. The number of anilines is 1. The van der Waals surface area contributed by atoms with Gasteiger partial charge in [-0.05, 0) is 65.0 Å². The van der Waals surface area contributed by atoms with Crippen LogP contribution < -0.4 is 14.4 Å². The lowest BCUT2D eigenvalue weighted by molar-refractivity contribution is -0.124. The Morgan fingerprint density at radius 2 is 1.56 bits per heavy atom. The third kappa shape index (κ3) is 9.12. The molecule has 0 fully saturated rings. The highest BCUT2D eigenvalue weighted by Gasteiger charge is 2.41. The van der Waals surface area contributed by atoms with E-state index in [0.717, 1.165) is 11.1 Å². The van der Waals surface area contributed by atoms with E-state index in [4.69, 9.17) is 36.1 Å². The average molecular weight is 636 g/mol. The Morgan fingerprint density at radius 3 is 2.27 bits per heavy atom. The molecule has 12 heteroatoms. The van der Waals surface area contributed by atoms with Crippen molar-refractivity contribution in [2.24, 2.45) is 11.0 Å². The van der Waals surface area contributed by atoms with E-state index in [9.17, 15) is 9.59 Å². The van der Waals surface area contributed by atoms with Crippen LogP contribution in [0.4, 0.5) is 5.69 Å². The van der Waals surface area contributed by atoms with E-state index in [2.05, 4.69) is 10.0 Å². The Balaban J connectivity index is 1.50. The first kappa shape index (κ1) is 33.6.